The molecule has 1 heterocycles. The van der Waals surface area contributed by atoms with Crippen LogP contribution in [0.25, 0.3) is 0 Å². The Bertz CT molecular complexity index is 396. The summed E-state index contributed by atoms with van der Waals surface area (Å²) in [6.07, 6.45) is 6.59. The maximum atomic E-state index is 10.5. The molecule has 100 valence electrons. The van der Waals surface area contributed by atoms with Crippen LogP contribution < -0.4 is 5.32 Å². The van der Waals surface area contributed by atoms with Crippen molar-refractivity contribution in [3.8, 4) is 0 Å². The van der Waals surface area contributed by atoms with E-state index >= 15 is 0 Å². The Morgan fingerprint density at radius 1 is 1.50 bits per heavy atom. The molecule has 0 aromatic carbocycles. The maximum Gasteiger partial charge on any atom is 0.129 e. The maximum absolute atomic E-state index is 10.5. The summed E-state index contributed by atoms with van der Waals surface area (Å²) in [5.74, 6) is 1.43. The highest BCUT2D eigenvalue weighted by Gasteiger charge is 2.32. The lowest BCUT2D eigenvalue weighted by molar-refractivity contribution is -0.000830. The van der Waals surface area contributed by atoms with Gasteiger partial charge in [0.1, 0.15) is 12.1 Å². The largest absolute Gasteiger partial charge is 0.388 e. The van der Waals surface area contributed by atoms with Crippen LogP contribution in [0.1, 0.15) is 45.2 Å². The standard InChI is InChI=1S/C14H23N3O/c1-3-12-7-13(17-10-16-12)15-9-14(18)6-4-5-11(2)8-14/h7,10-11,18H,3-6,8-9H2,1-2H3,(H,15,16,17). The van der Waals surface area contributed by atoms with Gasteiger partial charge in [-0.1, -0.05) is 26.7 Å². The number of anilines is 1. The summed E-state index contributed by atoms with van der Waals surface area (Å²) in [7, 11) is 0. The zero-order valence-corrected chi connectivity index (χ0v) is 11.3. The van der Waals surface area contributed by atoms with Crippen LogP contribution in [0.15, 0.2) is 12.4 Å². The molecule has 1 aromatic heterocycles. The molecule has 2 rings (SSSR count). The first kappa shape index (κ1) is 13.3. The molecule has 4 heteroatoms. The molecule has 2 N–H and O–H groups in total. The molecule has 0 aliphatic heterocycles. The lowest BCUT2D eigenvalue weighted by Crippen LogP contribution is -2.41. The minimum absolute atomic E-state index is 0.574. The van der Waals surface area contributed by atoms with Crippen molar-refractivity contribution in [1.29, 1.82) is 0 Å². The first-order valence-corrected chi connectivity index (χ1v) is 6.88. The van der Waals surface area contributed by atoms with E-state index in [4.69, 9.17) is 0 Å². The van der Waals surface area contributed by atoms with Crippen molar-refractivity contribution in [3.05, 3.63) is 18.1 Å². The van der Waals surface area contributed by atoms with Crippen LogP contribution >= 0.6 is 0 Å². The molecule has 18 heavy (non-hydrogen) atoms. The fourth-order valence-corrected chi connectivity index (χ4v) is 2.74. The van der Waals surface area contributed by atoms with Gasteiger partial charge >= 0.3 is 0 Å². The molecule has 0 amide bonds. The van der Waals surface area contributed by atoms with E-state index < -0.39 is 5.60 Å². The van der Waals surface area contributed by atoms with Gasteiger partial charge in [-0.15, -0.1) is 0 Å². The van der Waals surface area contributed by atoms with Crippen LogP contribution in [0.2, 0.25) is 0 Å². The summed E-state index contributed by atoms with van der Waals surface area (Å²) in [6, 6.07) is 1.95. The molecule has 0 saturated heterocycles. The monoisotopic (exact) mass is 249 g/mol. The summed E-state index contributed by atoms with van der Waals surface area (Å²) in [4.78, 5) is 8.36. The molecule has 1 aliphatic carbocycles. The van der Waals surface area contributed by atoms with Gasteiger partial charge in [0.2, 0.25) is 0 Å². The Balaban J connectivity index is 1.93. The molecule has 0 radical (unpaired) electrons. The van der Waals surface area contributed by atoms with Crippen molar-refractivity contribution in [2.45, 2.75) is 51.6 Å². The second kappa shape index (κ2) is 5.65. The fraction of sp³-hybridized carbons (Fsp3) is 0.714. The van der Waals surface area contributed by atoms with Crippen LogP contribution in [0, 0.1) is 5.92 Å². The quantitative estimate of drug-likeness (QED) is 0.860. The van der Waals surface area contributed by atoms with Gasteiger partial charge in [0.25, 0.3) is 0 Å². The Labute approximate surface area is 109 Å². The summed E-state index contributed by atoms with van der Waals surface area (Å²) in [5, 5.41) is 13.8. The van der Waals surface area contributed by atoms with Gasteiger partial charge in [-0.25, -0.2) is 9.97 Å². The van der Waals surface area contributed by atoms with Gasteiger partial charge in [-0.2, -0.15) is 0 Å². The minimum Gasteiger partial charge on any atom is -0.388 e. The van der Waals surface area contributed by atoms with E-state index in [2.05, 4.69) is 29.1 Å². The van der Waals surface area contributed by atoms with E-state index in [1.54, 1.807) is 6.33 Å². The zero-order chi connectivity index (χ0) is 13.0. The molecular formula is C14H23N3O. The Morgan fingerprint density at radius 3 is 3.06 bits per heavy atom. The number of nitrogens with one attached hydrogen (secondary N) is 1. The summed E-state index contributed by atoms with van der Waals surface area (Å²) < 4.78 is 0. The van der Waals surface area contributed by atoms with Crippen molar-refractivity contribution in [1.82, 2.24) is 9.97 Å². The molecule has 2 atom stereocenters. The van der Waals surface area contributed by atoms with Crippen molar-refractivity contribution in [2.75, 3.05) is 11.9 Å². The number of hydrogen-bond acceptors (Lipinski definition) is 4. The summed E-state index contributed by atoms with van der Waals surface area (Å²) >= 11 is 0. The number of aryl methyl sites for hydroxylation is 1. The van der Waals surface area contributed by atoms with E-state index in [-0.39, 0.29) is 0 Å². The van der Waals surface area contributed by atoms with Crippen LogP contribution in [-0.2, 0) is 6.42 Å². The normalized spacial score (nSPS) is 28.1. The molecule has 0 bridgehead atoms. The molecule has 4 nitrogen and oxygen atoms in total. The topological polar surface area (TPSA) is 58.0 Å². The number of nitrogens with zero attached hydrogens (tertiary/aromatic N) is 2. The van der Waals surface area contributed by atoms with E-state index in [1.807, 2.05) is 6.07 Å². The Kier molecular flexibility index (Phi) is 4.17. The van der Waals surface area contributed by atoms with Crippen molar-refractivity contribution in [2.24, 2.45) is 5.92 Å². The minimum atomic E-state index is -0.574. The number of hydrogen-bond donors (Lipinski definition) is 2. The first-order valence-electron chi connectivity index (χ1n) is 6.88. The van der Waals surface area contributed by atoms with Gasteiger partial charge < -0.3 is 10.4 Å². The van der Waals surface area contributed by atoms with Gasteiger partial charge in [0.15, 0.2) is 0 Å². The van der Waals surface area contributed by atoms with Gasteiger partial charge in [0, 0.05) is 18.3 Å². The third-order valence-electron chi connectivity index (χ3n) is 3.75. The predicted molar refractivity (Wildman–Crippen MR) is 72.5 cm³/mol. The average molecular weight is 249 g/mol. The smallest absolute Gasteiger partial charge is 0.129 e. The molecule has 1 fully saturated rings. The van der Waals surface area contributed by atoms with Crippen molar-refractivity contribution >= 4 is 5.82 Å². The van der Waals surface area contributed by atoms with Gasteiger partial charge in [-0.05, 0) is 25.2 Å². The summed E-state index contributed by atoms with van der Waals surface area (Å²) in [6.45, 7) is 4.87. The lowest BCUT2D eigenvalue weighted by atomic mass is 9.79. The number of rotatable bonds is 4. The second-order valence-corrected chi connectivity index (χ2v) is 5.53. The average Bonchev–Trinajstić information content (AvgIpc) is 2.37. The zero-order valence-electron chi connectivity index (χ0n) is 11.3. The van der Waals surface area contributed by atoms with E-state index in [9.17, 15) is 5.11 Å². The van der Waals surface area contributed by atoms with Gasteiger partial charge in [-0.3, -0.25) is 0 Å². The van der Waals surface area contributed by atoms with Crippen LogP contribution in [0.3, 0.4) is 0 Å². The molecule has 2 unspecified atom stereocenters. The SMILES string of the molecule is CCc1cc(NCC2(O)CCCC(C)C2)ncn1. The highest BCUT2D eigenvalue weighted by molar-refractivity contribution is 5.35. The van der Waals surface area contributed by atoms with Crippen LogP contribution in [-0.4, -0.2) is 27.2 Å². The Hall–Kier alpha value is -1.16. The first-order chi connectivity index (χ1) is 8.61. The molecule has 1 aliphatic rings. The molecular weight excluding hydrogens is 226 g/mol. The summed E-state index contributed by atoms with van der Waals surface area (Å²) in [5.41, 5.74) is 0.450. The molecule has 1 saturated carbocycles. The van der Waals surface area contributed by atoms with Crippen molar-refractivity contribution in [3.63, 3.8) is 0 Å². The Morgan fingerprint density at radius 2 is 2.33 bits per heavy atom. The highest BCUT2D eigenvalue weighted by Crippen LogP contribution is 2.32. The third-order valence-corrected chi connectivity index (χ3v) is 3.75. The number of aliphatic hydroxyl groups is 1. The van der Waals surface area contributed by atoms with Crippen LogP contribution in [0.5, 0.6) is 0 Å². The molecule has 1 aromatic rings. The highest BCUT2D eigenvalue weighted by atomic mass is 16.3. The fourth-order valence-electron chi connectivity index (χ4n) is 2.74. The van der Waals surface area contributed by atoms with Crippen molar-refractivity contribution < 1.29 is 5.11 Å². The number of aromatic nitrogens is 2. The van der Waals surface area contributed by atoms with E-state index in [1.165, 1.54) is 6.42 Å². The third kappa shape index (κ3) is 3.42. The van der Waals surface area contributed by atoms with E-state index in [0.29, 0.717) is 12.5 Å². The second-order valence-electron chi connectivity index (χ2n) is 5.53. The van der Waals surface area contributed by atoms with Gasteiger partial charge in [0.05, 0.1) is 5.60 Å². The van der Waals surface area contributed by atoms with E-state index in [0.717, 1.165) is 37.2 Å². The van der Waals surface area contributed by atoms with Crippen LogP contribution in [0.4, 0.5) is 5.82 Å². The lowest BCUT2D eigenvalue weighted by Gasteiger charge is -2.35. The predicted octanol–water partition coefficient (Wildman–Crippen LogP) is 2.39. The molecule has 0 spiro atoms.